The van der Waals surface area contributed by atoms with Crippen molar-refractivity contribution in [1.29, 1.82) is 0 Å². The van der Waals surface area contributed by atoms with E-state index in [2.05, 4.69) is 21.2 Å². The van der Waals surface area contributed by atoms with Crippen LogP contribution < -0.4 is 5.32 Å². The summed E-state index contributed by atoms with van der Waals surface area (Å²) in [6, 6.07) is 3.80. The molecular formula is C13H17BrF3NO3. The molecule has 0 radical (unpaired) electrons. The number of anilines is 1. The van der Waals surface area contributed by atoms with Crippen LogP contribution in [0, 0.1) is 0 Å². The number of halogens is 4. The topological polar surface area (TPSA) is 50.7 Å². The quantitative estimate of drug-likeness (QED) is 0.690. The normalized spacial score (nSPS) is 13.2. The van der Waals surface area contributed by atoms with E-state index < -0.39 is 17.8 Å². The summed E-state index contributed by atoms with van der Waals surface area (Å²) in [4.78, 5) is 0. The van der Waals surface area contributed by atoms with E-state index in [4.69, 9.17) is 9.47 Å². The number of nitrogens with one attached hydrogen (secondary N) is 1. The Hall–Kier alpha value is -0.830. The summed E-state index contributed by atoms with van der Waals surface area (Å²) in [6.45, 7) is 0.691. The van der Waals surface area contributed by atoms with Crippen LogP contribution in [0.5, 0.6) is 0 Å². The third kappa shape index (κ3) is 6.64. The summed E-state index contributed by atoms with van der Waals surface area (Å²) < 4.78 is 48.8. The molecule has 0 amide bonds. The van der Waals surface area contributed by atoms with Gasteiger partial charge in [0.1, 0.15) is 0 Å². The summed E-state index contributed by atoms with van der Waals surface area (Å²) in [5.74, 6) is 0. The second-order valence-corrected chi connectivity index (χ2v) is 5.21. The van der Waals surface area contributed by atoms with Gasteiger partial charge in [0.2, 0.25) is 0 Å². The highest BCUT2D eigenvalue weighted by atomic mass is 79.9. The Morgan fingerprint density at radius 1 is 1.33 bits per heavy atom. The molecule has 1 atom stereocenters. The van der Waals surface area contributed by atoms with Crippen LogP contribution in [0.4, 0.5) is 18.9 Å². The minimum absolute atomic E-state index is 0.0221. The predicted octanol–water partition coefficient (Wildman–Crippen LogP) is 2.90. The molecule has 0 heterocycles. The fourth-order valence-electron chi connectivity index (χ4n) is 1.55. The molecule has 1 rings (SSSR count). The molecule has 21 heavy (non-hydrogen) atoms. The minimum Gasteiger partial charge on any atom is -0.389 e. The first kappa shape index (κ1) is 18.2. The summed E-state index contributed by atoms with van der Waals surface area (Å²) in [7, 11) is 1.52. The molecule has 120 valence electrons. The van der Waals surface area contributed by atoms with Crippen LogP contribution in [0.25, 0.3) is 0 Å². The van der Waals surface area contributed by atoms with Crippen molar-refractivity contribution >= 4 is 21.6 Å². The van der Waals surface area contributed by atoms with Gasteiger partial charge in [0, 0.05) is 23.8 Å². The molecule has 1 unspecified atom stereocenters. The number of hydrogen-bond acceptors (Lipinski definition) is 4. The molecule has 2 N–H and O–H groups in total. The Morgan fingerprint density at radius 3 is 2.67 bits per heavy atom. The van der Waals surface area contributed by atoms with E-state index >= 15 is 0 Å². The van der Waals surface area contributed by atoms with Crippen LogP contribution in [0.15, 0.2) is 22.7 Å². The Bertz CT molecular complexity index is 443. The maximum absolute atomic E-state index is 12.9. The molecule has 0 fully saturated rings. The van der Waals surface area contributed by atoms with Crippen molar-refractivity contribution in [3.8, 4) is 0 Å². The number of alkyl halides is 3. The van der Waals surface area contributed by atoms with Crippen molar-refractivity contribution in [2.75, 3.05) is 38.8 Å². The number of ether oxygens (including phenoxy) is 2. The molecule has 0 aliphatic heterocycles. The lowest BCUT2D eigenvalue weighted by atomic mass is 10.1. The zero-order chi connectivity index (χ0) is 15.9. The maximum atomic E-state index is 12.9. The summed E-state index contributed by atoms with van der Waals surface area (Å²) in [5, 5.41) is 12.2. The van der Waals surface area contributed by atoms with Crippen LogP contribution in [-0.4, -0.2) is 44.7 Å². The molecule has 1 aromatic rings. The Kier molecular flexibility index (Phi) is 7.44. The second-order valence-electron chi connectivity index (χ2n) is 4.29. The lowest BCUT2D eigenvalue weighted by Crippen LogP contribution is -2.26. The van der Waals surface area contributed by atoms with Gasteiger partial charge in [0.05, 0.1) is 31.5 Å². The predicted molar refractivity (Wildman–Crippen MR) is 76.3 cm³/mol. The molecule has 0 saturated carbocycles. The van der Waals surface area contributed by atoms with Gasteiger partial charge in [0.25, 0.3) is 0 Å². The first-order valence-corrected chi connectivity index (χ1v) is 6.99. The summed E-state index contributed by atoms with van der Waals surface area (Å²) in [6.07, 6.45) is -5.38. The fourth-order valence-corrected chi connectivity index (χ4v) is 1.91. The third-order valence-electron chi connectivity index (χ3n) is 2.56. The van der Waals surface area contributed by atoms with Crippen LogP contribution >= 0.6 is 15.9 Å². The van der Waals surface area contributed by atoms with Gasteiger partial charge < -0.3 is 19.9 Å². The third-order valence-corrected chi connectivity index (χ3v) is 3.05. The molecule has 0 bridgehead atoms. The van der Waals surface area contributed by atoms with Gasteiger partial charge in [-0.05, 0) is 18.2 Å². The summed E-state index contributed by atoms with van der Waals surface area (Å²) >= 11 is 3.01. The fraction of sp³-hybridized carbons (Fsp3) is 0.538. The second kappa shape index (κ2) is 8.57. The first-order chi connectivity index (χ1) is 9.84. The van der Waals surface area contributed by atoms with Gasteiger partial charge in [-0.25, -0.2) is 0 Å². The minimum atomic E-state index is -4.47. The van der Waals surface area contributed by atoms with E-state index in [0.717, 1.165) is 6.07 Å². The Morgan fingerprint density at radius 2 is 2.05 bits per heavy atom. The van der Waals surface area contributed by atoms with Crippen LogP contribution in [0.3, 0.4) is 0 Å². The molecule has 4 nitrogen and oxygen atoms in total. The number of aliphatic hydroxyl groups excluding tert-OH is 1. The van der Waals surface area contributed by atoms with Crippen molar-refractivity contribution in [2.24, 2.45) is 0 Å². The summed E-state index contributed by atoms with van der Waals surface area (Å²) in [5.41, 5.74) is -0.869. The standard InChI is InChI=1S/C13H17BrF3NO3/c1-20-4-5-21-8-10(19)7-18-12-3-2-9(14)6-11(12)13(15,16)17/h2-3,6,10,18-19H,4-5,7-8H2,1H3. The van der Waals surface area contributed by atoms with Crippen molar-refractivity contribution in [3.63, 3.8) is 0 Å². The SMILES string of the molecule is COCCOCC(O)CNc1ccc(Br)cc1C(F)(F)F. The number of hydrogen-bond donors (Lipinski definition) is 2. The molecule has 8 heteroatoms. The highest BCUT2D eigenvalue weighted by Gasteiger charge is 2.33. The van der Waals surface area contributed by atoms with Gasteiger partial charge >= 0.3 is 6.18 Å². The molecule has 0 aliphatic rings. The van der Waals surface area contributed by atoms with E-state index in [-0.39, 0.29) is 18.8 Å². The smallest absolute Gasteiger partial charge is 0.389 e. The van der Waals surface area contributed by atoms with E-state index in [1.807, 2.05) is 0 Å². The van der Waals surface area contributed by atoms with Crippen molar-refractivity contribution in [1.82, 2.24) is 0 Å². The lowest BCUT2D eigenvalue weighted by molar-refractivity contribution is -0.137. The highest BCUT2D eigenvalue weighted by molar-refractivity contribution is 9.10. The Labute approximate surface area is 129 Å². The average molecular weight is 372 g/mol. The number of rotatable bonds is 8. The van der Waals surface area contributed by atoms with Crippen LogP contribution in [0.2, 0.25) is 0 Å². The largest absolute Gasteiger partial charge is 0.418 e. The molecule has 1 aromatic carbocycles. The van der Waals surface area contributed by atoms with Crippen molar-refractivity contribution < 1.29 is 27.8 Å². The van der Waals surface area contributed by atoms with E-state index in [1.54, 1.807) is 0 Å². The van der Waals surface area contributed by atoms with Crippen molar-refractivity contribution in [2.45, 2.75) is 12.3 Å². The average Bonchev–Trinajstić information content (AvgIpc) is 2.41. The van der Waals surface area contributed by atoms with Crippen molar-refractivity contribution in [3.05, 3.63) is 28.2 Å². The molecular weight excluding hydrogens is 355 g/mol. The van der Waals surface area contributed by atoms with Gasteiger partial charge in [-0.1, -0.05) is 15.9 Å². The van der Waals surface area contributed by atoms with Crippen LogP contribution in [-0.2, 0) is 15.7 Å². The number of benzene rings is 1. The zero-order valence-corrected chi connectivity index (χ0v) is 13.0. The molecule has 0 aliphatic carbocycles. The number of methoxy groups -OCH3 is 1. The monoisotopic (exact) mass is 371 g/mol. The molecule has 0 spiro atoms. The lowest BCUT2D eigenvalue weighted by Gasteiger charge is -2.17. The van der Waals surface area contributed by atoms with E-state index in [9.17, 15) is 18.3 Å². The van der Waals surface area contributed by atoms with Gasteiger partial charge in [-0.2, -0.15) is 13.2 Å². The maximum Gasteiger partial charge on any atom is 0.418 e. The number of aliphatic hydroxyl groups is 1. The Balaban J connectivity index is 2.55. The van der Waals surface area contributed by atoms with E-state index in [1.165, 1.54) is 19.2 Å². The van der Waals surface area contributed by atoms with E-state index in [0.29, 0.717) is 17.7 Å². The first-order valence-electron chi connectivity index (χ1n) is 6.20. The van der Waals surface area contributed by atoms with Crippen LogP contribution in [0.1, 0.15) is 5.56 Å². The van der Waals surface area contributed by atoms with Gasteiger partial charge in [-0.3, -0.25) is 0 Å². The van der Waals surface area contributed by atoms with Gasteiger partial charge in [-0.15, -0.1) is 0 Å². The molecule has 0 aromatic heterocycles. The zero-order valence-electron chi connectivity index (χ0n) is 11.4. The molecule has 0 saturated heterocycles. The highest BCUT2D eigenvalue weighted by Crippen LogP contribution is 2.36. The van der Waals surface area contributed by atoms with Gasteiger partial charge in [0.15, 0.2) is 0 Å².